The SMILES string of the molecule is O=C(O)C[C@H](NC(=O)[C@H](Cc1ccccc1)NC(=O)CNC(=O)c1cc2cc3c4c(c2oc1=O)CCCN4CCC3)C(=O)O. The Morgan fingerprint density at radius 2 is 1.66 bits per heavy atom. The van der Waals surface area contributed by atoms with Gasteiger partial charge in [-0.3, -0.25) is 19.2 Å². The lowest BCUT2D eigenvalue weighted by Crippen LogP contribution is -2.54. The highest BCUT2D eigenvalue weighted by Crippen LogP contribution is 2.39. The fourth-order valence-electron chi connectivity index (χ4n) is 5.81. The molecule has 0 spiro atoms. The first-order valence-electron chi connectivity index (χ1n) is 14.3. The van der Waals surface area contributed by atoms with Crippen LogP contribution < -0.4 is 26.5 Å². The van der Waals surface area contributed by atoms with Gasteiger partial charge in [0.1, 0.15) is 23.2 Å². The van der Waals surface area contributed by atoms with Gasteiger partial charge in [0.25, 0.3) is 5.91 Å². The fraction of sp³-hybridized carbons (Fsp3) is 0.355. The number of carbonyl (C=O) groups excluding carboxylic acids is 3. The molecule has 0 bridgehead atoms. The molecule has 5 N–H and O–H groups in total. The molecule has 2 aliphatic rings. The third-order valence-electron chi connectivity index (χ3n) is 7.80. The minimum Gasteiger partial charge on any atom is -0.481 e. The van der Waals surface area contributed by atoms with Gasteiger partial charge in [-0.15, -0.1) is 0 Å². The molecule has 5 rings (SSSR count). The van der Waals surface area contributed by atoms with Crippen molar-refractivity contribution < 1.29 is 38.6 Å². The van der Waals surface area contributed by atoms with Crippen LogP contribution >= 0.6 is 0 Å². The molecule has 230 valence electrons. The standard InChI is InChI=1S/C31H32N4O9/c36-24(33-22(12-17-6-2-1-3-7-17)29(40)34-23(30(41)42)15-25(37)38)16-32-28(39)21-14-19-13-18-8-4-10-35-11-5-9-20(26(18)35)27(19)44-31(21)43/h1-3,6-7,13-14,22-23H,4-5,8-12,15-16H2,(H,32,39)(H,33,36)(H,34,40)(H,37,38)(H,41,42)/t22-,23-/m0/s1. The first kappa shape index (κ1) is 30.3. The van der Waals surface area contributed by atoms with Crippen LogP contribution in [-0.2, 0) is 38.4 Å². The summed E-state index contributed by atoms with van der Waals surface area (Å²) >= 11 is 0. The molecule has 0 unspecified atom stereocenters. The third-order valence-corrected chi connectivity index (χ3v) is 7.80. The van der Waals surface area contributed by atoms with Crippen LogP contribution in [0, 0.1) is 0 Å². The van der Waals surface area contributed by atoms with Crippen LogP contribution in [0.3, 0.4) is 0 Å². The van der Waals surface area contributed by atoms with Gasteiger partial charge < -0.3 is 35.5 Å². The number of carbonyl (C=O) groups is 5. The van der Waals surface area contributed by atoms with Crippen molar-refractivity contribution in [1.29, 1.82) is 0 Å². The lowest BCUT2D eigenvalue weighted by atomic mass is 9.90. The van der Waals surface area contributed by atoms with E-state index in [1.165, 1.54) is 6.07 Å². The van der Waals surface area contributed by atoms with E-state index in [9.17, 15) is 33.9 Å². The molecule has 0 aliphatic carbocycles. The number of aryl methyl sites for hydroxylation is 2. The Labute approximate surface area is 251 Å². The first-order valence-corrected chi connectivity index (χ1v) is 14.3. The number of aliphatic carboxylic acids is 2. The molecule has 0 fully saturated rings. The summed E-state index contributed by atoms with van der Waals surface area (Å²) in [4.78, 5) is 76.5. The number of amides is 3. The number of rotatable bonds is 11. The van der Waals surface area contributed by atoms with Crippen molar-refractivity contribution in [2.45, 2.75) is 50.6 Å². The number of carboxylic acids is 2. The van der Waals surface area contributed by atoms with Crippen LogP contribution in [0.2, 0.25) is 0 Å². The summed E-state index contributed by atoms with van der Waals surface area (Å²) in [5.41, 5.74) is 3.25. The molecule has 13 nitrogen and oxygen atoms in total. The van der Waals surface area contributed by atoms with Gasteiger partial charge in [0.15, 0.2) is 0 Å². The number of benzene rings is 2. The molecular weight excluding hydrogens is 572 g/mol. The second kappa shape index (κ2) is 13.0. The zero-order chi connectivity index (χ0) is 31.4. The molecule has 3 heterocycles. The molecule has 0 saturated heterocycles. The topological polar surface area (TPSA) is 195 Å². The largest absolute Gasteiger partial charge is 0.481 e. The predicted molar refractivity (Wildman–Crippen MR) is 158 cm³/mol. The number of hydrogen-bond donors (Lipinski definition) is 5. The van der Waals surface area contributed by atoms with E-state index in [1.807, 2.05) is 6.07 Å². The fourth-order valence-corrected chi connectivity index (χ4v) is 5.81. The van der Waals surface area contributed by atoms with Gasteiger partial charge in [0, 0.05) is 36.1 Å². The highest BCUT2D eigenvalue weighted by Gasteiger charge is 2.30. The van der Waals surface area contributed by atoms with Crippen LogP contribution in [0.4, 0.5) is 5.69 Å². The first-order chi connectivity index (χ1) is 21.1. The van der Waals surface area contributed by atoms with Gasteiger partial charge in [0.2, 0.25) is 11.8 Å². The molecule has 3 aromatic rings. The summed E-state index contributed by atoms with van der Waals surface area (Å²) in [5.74, 6) is -5.51. The monoisotopic (exact) mass is 604 g/mol. The molecule has 2 aromatic carbocycles. The smallest absolute Gasteiger partial charge is 0.349 e. The average Bonchev–Trinajstić information content (AvgIpc) is 2.99. The highest BCUT2D eigenvalue weighted by molar-refractivity contribution is 6.00. The zero-order valence-corrected chi connectivity index (χ0v) is 23.8. The van der Waals surface area contributed by atoms with Gasteiger partial charge in [0.05, 0.1) is 13.0 Å². The van der Waals surface area contributed by atoms with E-state index >= 15 is 0 Å². The van der Waals surface area contributed by atoms with Crippen molar-refractivity contribution in [3.05, 3.63) is 75.1 Å². The van der Waals surface area contributed by atoms with Gasteiger partial charge in [-0.2, -0.15) is 0 Å². The number of anilines is 1. The van der Waals surface area contributed by atoms with E-state index < -0.39 is 60.3 Å². The van der Waals surface area contributed by atoms with Crippen molar-refractivity contribution in [2.75, 3.05) is 24.5 Å². The number of hydrogen-bond acceptors (Lipinski definition) is 8. The predicted octanol–water partition coefficient (Wildman–Crippen LogP) is 0.993. The average molecular weight is 605 g/mol. The van der Waals surface area contributed by atoms with Crippen LogP contribution in [0.15, 0.2) is 51.7 Å². The summed E-state index contributed by atoms with van der Waals surface area (Å²) in [5, 5.41) is 25.9. The van der Waals surface area contributed by atoms with Gasteiger partial charge in [-0.1, -0.05) is 30.3 Å². The van der Waals surface area contributed by atoms with Crippen LogP contribution in [0.1, 0.15) is 46.3 Å². The second-order valence-electron chi connectivity index (χ2n) is 10.9. The Morgan fingerprint density at radius 3 is 2.36 bits per heavy atom. The van der Waals surface area contributed by atoms with Crippen molar-refractivity contribution in [2.24, 2.45) is 0 Å². The summed E-state index contributed by atoms with van der Waals surface area (Å²) in [6.45, 7) is 1.31. The van der Waals surface area contributed by atoms with Crippen LogP contribution in [0.25, 0.3) is 11.0 Å². The normalized spacial score (nSPS) is 15.0. The molecule has 0 radical (unpaired) electrons. The molecule has 0 saturated carbocycles. The Balaban J connectivity index is 1.29. The van der Waals surface area contributed by atoms with Crippen LogP contribution in [-0.4, -0.2) is 71.6 Å². The maximum Gasteiger partial charge on any atom is 0.349 e. The molecule has 2 aliphatic heterocycles. The number of carboxylic acid groups (broad SMARTS) is 2. The second-order valence-corrected chi connectivity index (χ2v) is 10.9. The van der Waals surface area contributed by atoms with E-state index in [4.69, 9.17) is 9.52 Å². The molecular formula is C31H32N4O9. The van der Waals surface area contributed by atoms with E-state index in [0.29, 0.717) is 16.5 Å². The highest BCUT2D eigenvalue weighted by atomic mass is 16.4. The Kier molecular flexibility index (Phi) is 8.93. The molecule has 2 atom stereocenters. The van der Waals surface area contributed by atoms with Gasteiger partial charge in [-0.05, 0) is 48.9 Å². The molecule has 1 aromatic heterocycles. The lowest BCUT2D eigenvalue weighted by Gasteiger charge is -2.37. The van der Waals surface area contributed by atoms with Crippen molar-refractivity contribution in [1.82, 2.24) is 16.0 Å². The Hall–Kier alpha value is -5.20. The summed E-state index contributed by atoms with van der Waals surface area (Å²) < 4.78 is 5.65. The molecule has 3 amide bonds. The van der Waals surface area contributed by atoms with E-state index in [1.54, 1.807) is 30.3 Å². The molecule has 13 heteroatoms. The van der Waals surface area contributed by atoms with Crippen LogP contribution in [0.5, 0.6) is 0 Å². The minimum absolute atomic E-state index is 0.0376. The molecule has 44 heavy (non-hydrogen) atoms. The summed E-state index contributed by atoms with van der Waals surface area (Å²) in [6, 6.07) is 8.99. The van der Waals surface area contributed by atoms with Gasteiger partial charge >= 0.3 is 17.6 Å². The van der Waals surface area contributed by atoms with Crippen molar-refractivity contribution in [3.8, 4) is 0 Å². The van der Waals surface area contributed by atoms with E-state index in [-0.39, 0.29) is 12.0 Å². The summed E-state index contributed by atoms with van der Waals surface area (Å²) in [6.07, 6.45) is 2.70. The zero-order valence-electron chi connectivity index (χ0n) is 23.8. The van der Waals surface area contributed by atoms with Gasteiger partial charge in [-0.25, -0.2) is 9.59 Å². The van der Waals surface area contributed by atoms with Crippen molar-refractivity contribution >= 4 is 46.3 Å². The maximum absolute atomic E-state index is 13.0. The maximum atomic E-state index is 13.0. The quantitative estimate of drug-likeness (QED) is 0.197. The number of nitrogens with one attached hydrogen (secondary N) is 3. The Morgan fingerprint density at radius 1 is 0.932 bits per heavy atom. The van der Waals surface area contributed by atoms with E-state index in [0.717, 1.165) is 55.6 Å². The summed E-state index contributed by atoms with van der Waals surface area (Å²) in [7, 11) is 0. The third kappa shape index (κ3) is 6.72. The van der Waals surface area contributed by atoms with Crippen molar-refractivity contribution in [3.63, 3.8) is 0 Å². The van der Waals surface area contributed by atoms with E-state index in [2.05, 4.69) is 20.9 Å². The Bertz CT molecular complexity index is 1680. The number of nitrogens with zero attached hydrogens (tertiary/aromatic N) is 1. The lowest BCUT2D eigenvalue weighted by molar-refractivity contribution is -0.147. The number of fused-ring (bicyclic) bond motifs is 2. The minimum atomic E-state index is -1.72.